The van der Waals surface area contributed by atoms with Gasteiger partial charge in [-0.3, -0.25) is 0 Å². The standard InChI is InChI=1S/C21H21N/c1-22(20-14-6-10-16-8-2-4-12-18(16)20)21-15-7-11-17-9-3-5-13-19(17)21/h2-6,8-14,18,20H,7,15H2,1H3. The molecule has 1 nitrogen and oxygen atoms in total. The van der Waals surface area contributed by atoms with Gasteiger partial charge in [-0.1, -0.05) is 72.9 Å². The van der Waals surface area contributed by atoms with E-state index in [2.05, 4.69) is 84.8 Å². The van der Waals surface area contributed by atoms with E-state index in [-0.39, 0.29) is 0 Å². The van der Waals surface area contributed by atoms with E-state index in [9.17, 15) is 0 Å². The van der Waals surface area contributed by atoms with Crippen LogP contribution in [0.3, 0.4) is 0 Å². The minimum atomic E-state index is 0.405. The van der Waals surface area contributed by atoms with Gasteiger partial charge in [0, 0.05) is 23.9 Å². The van der Waals surface area contributed by atoms with Crippen LogP contribution in [0, 0.1) is 5.92 Å². The lowest BCUT2D eigenvalue weighted by molar-refractivity contribution is 0.344. The molecule has 110 valence electrons. The minimum absolute atomic E-state index is 0.405. The molecule has 0 bridgehead atoms. The lowest BCUT2D eigenvalue weighted by Crippen LogP contribution is -2.42. The van der Waals surface area contributed by atoms with Crippen molar-refractivity contribution in [1.29, 1.82) is 0 Å². The maximum atomic E-state index is 2.49. The van der Waals surface area contributed by atoms with Crippen LogP contribution in [0.5, 0.6) is 0 Å². The lowest BCUT2D eigenvalue weighted by Gasteiger charge is -2.38. The van der Waals surface area contributed by atoms with Crippen LogP contribution in [0.2, 0.25) is 0 Å². The second kappa shape index (κ2) is 5.49. The van der Waals surface area contributed by atoms with E-state index >= 15 is 0 Å². The monoisotopic (exact) mass is 287 g/mol. The molecule has 0 heterocycles. The van der Waals surface area contributed by atoms with Crippen LogP contribution in [0.4, 0.5) is 0 Å². The van der Waals surface area contributed by atoms with Crippen molar-refractivity contribution in [3.63, 3.8) is 0 Å². The third kappa shape index (κ3) is 2.18. The van der Waals surface area contributed by atoms with Crippen LogP contribution < -0.4 is 10.4 Å². The Morgan fingerprint density at radius 3 is 2.91 bits per heavy atom. The van der Waals surface area contributed by atoms with Gasteiger partial charge in [0.15, 0.2) is 0 Å². The summed E-state index contributed by atoms with van der Waals surface area (Å²) in [5.41, 5.74) is 2.88. The normalized spacial score (nSPS) is 25.1. The number of nitrogens with zero attached hydrogens (tertiary/aromatic N) is 1. The molecule has 0 fully saturated rings. The molecule has 3 aliphatic rings. The van der Waals surface area contributed by atoms with Gasteiger partial charge in [0.25, 0.3) is 0 Å². The van der Waals surface area contributed by atoms with Crippen molar-refractivity contribution in [3.05, 3.63) is 82.8 Å². The van der Waals surface area contributed by atoms with Crippen LogP contribution in [-0.2, 0) is 0 Å². The van der Waals surface area contributed by atoms with Crippen LogP contribution in [0.25, 0.3) is 11.8 Å². The Hall–Kier alpha value is -2.28. The van der Waals surface area contributed by atoms with Crippen molar-refractivity contribution in [2.75, 3.05) is 7.05 Å². The van der Waals surface area contributed by atoms with Crippen LogP contribution >= 0.6 is 0 Å². The molecule has 0 saturated heterocycles. The molecule has 1 aromatic carbocycles. The molecule has 0 radical (unpaired) electrons. The average molecular weight is 287 g/mol. The topological polar surface area (TPSA) is 3.24 Å². The number of rotatable bonds is 2. The van der Waals surface area contributed by atoms with Gasteiger partial charge in [0.1, 0.15) is 0 Å². The molecule has 4 rings (SSSR count). The van der Waals surface area contributed by atoms with Gasteiger partial charge < -0.3 is 4.90 Å². The summed E-state index contributed by atoms with van der Waals surface area (Å²) in [6.45, 7) is 0. The smallest absolute Gasteiger partial charge is 0.0573 e. The fourth-order valence-corrected chi connectivity index (χ4v) is 3.80. The highest BCUT2D eigenvalue weighted by molar-refractivity contribution is 5.52. The molecule has 0 saturated carbocycles. The highest BCUT2D eigenvalue weighted by Crippen LogP contribution is 2.31. The van der Waals surface area contributed by atoms with Gasteiger partial charge in [-0.2, -0.15) is 0 Å². The molecule has 2 unspecified atom stereocenters. The molecule has 0 aliphatic heterocycles. The molecule has 1 aromatic rings. The Balaban J connectivity index is 1.77. The zero-order valence-electron chi connectivity index (χ0n) is 12.9. The summed E-state index contributed by atoms with van der Waals surface area (Å²) in [5, 5.41) is 2.78. The summed E-state index contributed by atoms with van der Waals surface area (Å²) in [7, 11) is 2.25. The maximum absolute atomic E-state index is 2.49. The predicted octanol–water partition coefficient (Wildman–Crippen LogP) is 2.91. The summed E-state index contributed by atoms with van der Waals surface area (Å²) in [4.78, 5) is 2.49. The third-order valence-corrected chi connectivity index (χ3v) is 4.96. The summed E-state index contributed by atoms with van der Waals surface area (Å²) < 4.78 is 0. The second-order valence-electron chi connectivity index (χ2n) is 6.20. The van der Waals surface area contributed by atoms with E-state index < -0.39 is 0 Å². The SMILES string of the molecule is CN(C1=c2ccccc2=CCC1)C1C=CC=C2C=CC=CC21. The van der Waals surface area contributed by atoms with Crippen molar-refractivity contribution >= 4 is 11.8 Å². The Labute approximate surface area is 132 Å². The molecular formula is C21H21N. The minimum Gasteiger partial charge on any atom is -0.370 e. The van der Waals surface area contributed by atoms with E-state index in [1.165, 1.54) is 21.7 Å². The van der Waals surface area contributed by atoms with Crippen molar-refractivity contribution < 1.29 is 0 Å². The highest BCUT2D eigenvalue weighted by Gasteiger charge is 2.27. The average Bonchev–Trinajstić information content (AvgIpc) is 2.60. The van der Waals surface area contributed by atoms with Gasteiger partial charge in [0.2, 0.25) is 0 Å². The number of allylic oxidation sites excluding steroid dienone is 5. The van der Waals surface area contributed by atoms with Crippen LogP contribution in [0.15, 0.2) is 72.4 Å². The molecule has 0 spiro atoms. The molecule has 0 aromatic heterocycles. The number of hydrogen-bond acceptors (Lipinski definition) is 1. The van der Waals surface area contributed by atoms with Gasteiger partial charge in [-0.05, 0) is 23.6 Å². The quantitative estimate of drug-likeness (QED) is 0.808. The summed E-state index contributed by atoms with van der Waals surface area (Å²) in [5.74, 6) is 0.463. The third-order valence-electron chi connectivity index (χ3n) is 4.96. The van der Waals surface area contributed by atoms with Crippen LogP contribution in [0.1, 0.15) is 12.8 Å². The second-order valence-corrected chi connectivity index (χ2v) is 6.20. The Kier molecular flexibility index (Phi) is 3.34. The number of hydrogen-bond donors (Lipinski definition) is 0. The Morgan fingerprint density at radius 1 is 1.05 bits per heavy atom. The number of benzene rings is 1. The number of likely N-dealkylation sites (N-methyl/N-ethyl adjacent to an activating group) is 1. The molecule has 22 heavy (non-hydrogen) atoms. The van der Waals surface area contributed by atoms with E-state index in [4.69, 9.17) is 0 Å². The largest absolute Gasteiger partial charge is 0.370 e. The zero-order valence-corrected chi connectivity index (χ0v) is 12.9. The molecular weight excluding hydrogens is 266 g/mol. The molecule has 3 aliphatic carbocycles. The van der Waals surface area contributed by atoms with E-state index in [1.807, 2.05) is 0 Å². The van der Waals surface area contributed by atoms with Gasteiger partial charge >= 0.3 is 0 Å². The first-order valence-corrected chi connectivity index (χ1v) is 8.09. The summed E-state index contributed by atoms with van der Waals surface area (Å²) >= 11 is 0. The van der Waals surface area contributed by atoms with Gasteiger partial charge in [0.05, 0.1) is 6.04 Å². The van der Waals surface area contributed by atoms with Crippen molar-refractivity contribution in [2.24, 2.45) is 5.92 Å². The Bertz CT molecular complexity index is 820. The van der Waals surface area contributed by atoms with Crippen LogP contribution in [-0.4, -0.2) is 18.0 Å². The first kappa shape index (κ1) is 13.4. The fraction of sp³-hybridized carbons (Fsp3) is 0.238. The van der Waals surface area contributed by atoms with Crippen molar-refractivity contribution in [2.45, 2.75) is 18.9 Å². The summed E-state index contributed by atoms with van der Waals surface area (Å²) in [6, 6.07) is 9.18. The highest BCUT2D eigenvalue weighted by atomic mass is 15.1. The number of fused-ring (bicyclic) bond motifs is 2. The molecule has 0 amide bonds. The first-order chi connectivity index (χ1) is 10.8. The van der Waals surface area contributed by atoms with E-state index in [0.717, 1.165) is 12.8 Å². The molecule has 0 N–H and O–H groups in total. The van der Waals surface area contributed by atoms with Crippen molar-refractivity contribution in [1.82, 2.24) is 4.90 Å². The van der Waals surface area contributed by atoms with Crippen molar-refractivity contribution in [3.8, 4) is 0 Å². The van der Waals surface area contributed by atoms with E-state index in [1.54, 1.807) is 0 Å². The maximum Gasteiger partial charge on any atom is 0.0573 e. The fourth-order valence-electron chi connectivity index (χ4n) is 3.80. The predicted molar refractivity (Wildman–Crippen MR) is 93.3 cm³/mol. The molecule has 2 atom stereocenters. The summed E-state index contributed by atoms with van der Waals surface area (Å²) in [6.07, 6.45) is 20.3. The first-order valence-electron chi connectivity index (χ1n) is 8.09. The van der Waals surface area contributed by atoms with E-state index in [0.29, 0.717) is 12.0 Å². The molecule has 1 heteroatoms. The zero-order chi connectivity index (χ0) is 14.9. The van der Waals surface area contributed by atoms with Gasteiger partial charge in [-0.25, -0.2) is 0 Å². The Morgan fingerprint density at radius 2 is 1.95 bits per heavy atom. The van der Waals surface area contributed by atoms with Gasteiger partial charge in [-0.15, -0.1) is 0 Å². The lowest BCUT2D eigenvalue weighted by atomic mass is 9.83.